The van der Waals surface area contributed by atoms with Crippen molar-refractivity contribution in [1.29, 1.82) is 0 Å². The maximum absolute atomic E-state index is 14.1. The normalized spacial score (nSPS) is 12.4. The van der Waals surface area contributed by atoms with Crippen molar-refractivity contribution in [2.75, 3.05) is 0 Å². The van der Waals surface area contributed by atoms with Gasteiger partial charge in [0.05, 0.1) is 10.0 Å². The van der Waals surface area contributed by atoms with Gasteiger partial charge in [-0.25, -0.2) is 4.39 Å². The molecule has 0 spiro atoms. The highest BCUT2D eigenvalue weighted by molar-refractivity contribution is 7.99. The van der Waals surface area contributed by atoms with Crippen molar-refractivity contribution in [3.05, 3.63) is 57.8 Å². The molecular formula is C16H16Cl2FNS. The molecule has 0 bridgehead atoms. The van der Waals surface area contributed by atoms with Crippen molar-refractivity contribution in [3.63, 3.8) is 0 Å². The number of rotatable bonds is 5. The van der Waals surface area contributed by atoms with Crippen LogP contribution in [0.2, 0.25) is 10.0 Å². The first-order valence-corrected chi connectivity index (χ1v) is 8.23. The molecule has 0 fully saturated rings. The average Bonchev–Trinajstić information content (AvgIpc) is 2.45. The molecule has 2 aromatic carbocycles. The Morgan fingerprint density at radius 3 is 2.52 bits per heavy atom. The Morgan fingerprint density at radius 1 is 1.14 bits per heavy atom. The van der Waals surface area contributed by atoms with Gasteiger partial charge in [0.25, 0.3) is 0 Å². The van der Waals surface area contributed by atoms with Gasteiger partial charge >= 0.3 is 0 Å². The fourth-order valence-electron chi connectivity index (χ4n) is 1.87. The van der Waals surface area contributed by atoms with Crippen LogP contribution in [0.15, 0.2) is 46.2 Å². The monoisotopic (exact) mass is 343 g/mol. The maximum atomic E-state index is 14.1. The van der Waals surface area contributed by atoms with Crippen LogP contribution in [0, 0.1) is 5.82 Å². The van der Waals surface area contributed by atoms with Gasteiger partial charge in [-0.2, -0.15) is 0 Å². The summed E-state index contributed by atoms with van der Waals surface area (Å²) in [4.78, 5) is 1.41. The molecule has 0 aliphatic rings. The molecule has 0 aromatic heterocycles. The largest absolute Gasteiger partial charge is 0.327 e. The van der Waals surface area contributed by atoms with Crippen molar-refractivity contribution in [2.45, 2.75) is 35.6 Å². The third-order valence-electron chi connectivity index (χ3n) is 3.14. The van der Waals surface area contributed by atoms with Crippen LogP contribution in [0.1, 0.15) is 18.9 Å². The highest BCUT2D eigenvalue weighted by Gasteiger charge is 2.09. The number of hydrogen-bond acceptors (Lipinski definition) is 2. The summed E-state index contributed by atoms with van der Waals surface area (Å²) in [6.07, 6.45) is 1.56. The van der Waals surface area contributed by atoms with Crippen molar-refractivity contribution in [1.82, 2.24) is 0 Å². The lowest BCUT2D eigenvalue weighted by Crippen LogP contribution is -2.21. The van der Waals surface area contributed by atoms with Crippen LogP contribution in [0.5, 0.6) is 0 Å². The first-order chi connectivity index (χ1) is 9.99. The van der Waals surface area contributed by atoms with E-state index in [9.17, 15) is 4.39 Å². The molecule has 0 saturated carbocycles. The highest BCUT2D eigenvalue weighted by Crippen LogP contribution is 2.34. The van der Waals surface area contributed by atoms with Crippen LogP contribution >= 0.6 is 35.0 Å². The van der Waals surface area contributed by atoms with E-state index in [2.05, 4.69) is 0 Å². The summed E-state index contributed by atoms with van der Waals surface area (Å²) < 4.78 is 14.1. The topological polar surface area (TPSA) is 26.0 Å². The molecule has 5 heteroatoms. The van der Waals surface area contributed by atoms with Gasteiger partial charge in [0.15, 0.2) is 0 Å². The molecule has 0 saturated heterocycles. The van der Waals surface area contributed by atoms with Gasteiger partial charge in [0, 0.05) is 15.8 Å². The Balaban J connectivity index is 2.15. The summed E-state index contributed by atoms with van der Waals surface area (Å²) in [5.74, 6) is -0.244. The smallest absolute Gasteiger partial charge is 0.137 e. The maximum Gasteiger partial charge on any atom is 0.137 e. The predicted octanol–water partition coefficient (Wildman–Crippen LogP) is 5.56. The third kappa shape index (κ3) is 4.62. The lowest BCUT2D eigenvalue weighted by molar-refractivity contribution is 0.593. The van der Waals surface area contributed by atoms with Crippen molar-refractivity contribution >= 4 is 35.0 Å². The highest BCUT2D eigenvalue weighted by atomic mass is 35.5. The molecule has 2 N–H and O–H groups in total. The lowest BCUT2D eigenvalue weighted by atomic mass is 10.0. The van der Waals surface area contributed by atoms with E-state index in [1.807, 2.05) is 19.1 Å². The predicted molar refractivity (Wildman–Crippen MR) is 89.0 cm³/mol. The summed E-state index contributed by atoms with van der Waals surface area (Å²) in [5, 5.41) is 0.956. The van der Waals surface area contributed by atoms with Crippen LogP contribution < -0.4 is 5.73 Å². The van der Waals surface area contributed by atoms with E-state index >= 15 is 0 Å². The average molecular weight is 344 g/mol. The van der Waals surface area contributed by atoms with Crippen LogP contribution in [-0.2, 0) is 6.42 Å². The molecule has 0 aliphatic heterocycles. The van der Waals surface area contributed by atoms with Crippen LogP contribution in [0.3, 0.4) is 0 Å². The zero-order valence-corrected chi connectivity index (χ0v) is 13.9. The first kappa shape index (κ1) is 16.6. The van der Waals surface area contributed by atoms with E-state index in [4.69, 9.17) is 28.9 Å². The Hall–Kier alpha value is -0.740. The van der Waals surface area contributed by atoms with Gasteiger partial charge in [0.1, 0.15) is 5.82 Å². The summed E-state index contributed by atoms with van der Waals surface area (Å²) in [7, 11) is 0. The molecule has 0 aliphatic carbocycles. The molecule has 1 nitrogen and oxygen atoms in total. The molecule has 112 valence electrons. The molecule has 1 atom stereocenters. The van der Waals surface area contributed by atoms with Gasteiger partial charge in [-0.1, -0.05) is 48.0 Å². The summed E-state index contributed by atoms with van der Waals surface area (Å²) in [5.41, 5.74) is 6.81. The molecular weight excluding hydrogens is 328 g/mol. The molecule has 2 rings (SSSR count). The first-order valence-electron chi connectivity index (χ1n) is 6.66. The van der Waals surface area contributed by atoms with Crippen LogP contribution in [-0.4, -0.2) is 6.04 Å². The summed E-state index contributed by atoms with van der Waals surface area (Å²) in [6, 6.07) is 10.6. The molecule has 1 unspecified atom stereocenters. The van der Waals surface area contributed by atoms with E-state index < -0.39 is 0 Å². The standard InChI is InChI=1S/C16H16Cl2FNS/c1-2-11(20)7-10-3-6-16(15(19)8-10)21-12-4-5-13(17)14(18)9-12/h3-6,8-9,11H,2,7,20H2,1H3. The molecule has 0 radical (unpaired) electrons. The minimum Gasteiger partial charge on any atom is -0.327 e. The van der Waals surface area contributed by atoms with Crippen molar-refractivity contribution in [2.24, 2.45) is 5.73 Å². The van der Waals surface area contributed by atoms with E-state index in [-0.39, 0.29) is 11.9 Å². The van der Waals surface area contributed by atoms with E-state index in [0.29, 0.717) is 21.4 Å². The van der Waals surface area contributed by atoms with Gasteiger partial charge in [0.2, 0.25) is 0 Å². The zero-order chi connectivity index (χ0) is 15.4. The molecule has 0 amide bonds. The fraction of sp³-hybridized carbons (Fsp3) is 0.250. The van der Waals surface area contributed by atoms with E-state index in [1.54, 1.807) is 24.3 Å². The van der Waals surface area contributed by atoms with Gasteiger partial charge in [-0.05, 0) is 48.7 Å². The molecule has 2 aromatic rings. The Bertz CT molecular complexity index is 634. The number of benzene rings is 2. The Morgan fingerprint density at radius 2 is 1.90 bits per heavy atom. The van der Waals surface area contributed by atoms with Gasteiger partial charge in [-0.15, -0.1) is 0 Å². The number of halogens is 3. The lowest BCUT2D eigenvalue weighted by Gasteiger charge is -2.10. The van der Waals surface area contributed by atoms with Gasteiger partial charge in [-0.3, -0.25) is 0 Å². The summed E-state index contributed by atoms with van der Waals surface area (Å²) in [6.45, 7) is 2.02. The van der Waals surface area contributed by atoms with Crippen LogP contribution in [0.25, 0.3) is 0 Å². The minimum atomic E-state index is -0.244. The SMILES string of the molecule is CCC(N)Cc1ccc(Sc2ccc(Cl)c(Cl)c2)c(F)c1. The van der Waals surface area contributed by atoms with Crippen molar-refractivity contribution in [3.8, 4) is 0 Å². The van der Waals surface area contributed by atoms with E-state index in [0.717, 1.165) is 16.9 Å². The second kappa shape index (κ2) is 7.50. The number of nitrogens with two attached hydrogens (primary N) is 1. The summed E-state index contributed by atoms with van der Waals surface area (Å²) >= 11 is 13.2. The van der Waals surface area contributed by atoms with Gasteiger partial charge < -0.3 is 5.73 Å². The van der Waals surface area contributed by atoms with Crippen molar-refractivity contribution < 1.29 is 4.39 Å². The third-order valence-corrected chi connectivity index (χ3v) is 4.92. The molecule has 0 heterocycles. The fourth-order valence-corrected chi connectivity index (χ4v) is 3.09. The second-order valence-electron chi connectivity index (χ2n) is 4.82. The minimum absolute atomic E-state index is 0.0676. The molecule has 21 heavy (non-hydrogen) atoms. The Labute approximate surface area is 138 Å². The zero-order valence-electron chi connectivity index (χ0n) is 11.6. The van der Waals surface area contributed by atoms with E-state index in [1.165, 1.54) is 11.8 Å². The second-order valence-corrected chi connectivity index (χ2v) is 6.74. The Kier molecular flexibility index (Phi) is 5.94. The van der Waals surface area contributed by atoms with Crippen LogP contribution in [0.4, 0.5) is 4.39 Å². The quantitative estimate of drug-likeness (QED) is 0.768. The number of hydrogen-bond donors (Lipinski definition) is 1.